The molecule has 0 heterocycles. The Morgan fingerprint density at radius 2 is 0.762 bits per heavy atom. The predicted octanol–water partition coefficient (Wildman–Crippen LogP) is 11.9. The van der Waals surface area contributed by atoms with Gasteiger partial charge in [0.25, 0.3) is 0 Å². The van der Waals surface area contributed by atoms with Crippen molar-refractivity contribution in [2.24, 2.45) is 0 Å². The van der Waals surface area contributed by atoms with E-state index in [1.165, 1.54) is 116 Å². The van der Waals surface area contributed by atoms with Crippen molar-refractivity contribution in [1.82, 2.24) is 0 Å². The highest BCUT2D eigenvalue weighted by molar-refractivity contribution is 5.80. The van der Waals surface area contributed by atoms with Gasteiger partial charge in [-0.1, -0.05) is 163 Å². The van der Waals surface area contributed by atoms with Crippen molar-refractivity contribution in [1.29, 1.82) is 0 Å². The van der Waals surface area contributed by atoms with Crippen molar-refractivity contribution in [3.63, 3.8) is 0 Å². The summed E-state index contributed by atoms with van der Waals surface area (Å²) >= 11 is 0. The Kier molecular flexibility index (Phi) is 32.4. The highest BCUT2D eigenvalue weighted by Crippen LogP contribution is 2.15. The topological polar surface area (TPSA) is 74.6 Å². The van der Waals surface area contributed by atoms with Gasteiger partial charge in [0.15, 0.2) is 0 Å². The van der Waals surface area contributed by atoms with Crippen molar-refractivity contribution in [3.05, 3.63) is 72.9 Å². The molecule has 0 atom stereocenters. The van der Waals surface area contributed by atoms with Gasteiger partial charge in [-0.2, -0.15) is 0 Å². The minimum absolute atomic E-state index is 0.280. The molecule has 0 amide bonds. The van der Waals surface area contributed by atoms with Crippen LogP contribution in [-0.4, -0.2) is 22.2 Å². The Hall–Kier alpha value is -2.62. The van der Waals surface area contributed by atoms with E-state index in [1.54, 1.807) is 12.2 Å². The molecule has 0 aliphatic heterocycles. The van der Waals surface area contributed by atoms with Crippen LogP contribution in [0.2, 0.25) is 0 Å². The molecular formula is C38H62O4. The minimum atomic E-state index is -0.913. The molecule has 0 saturated carbocycles. The zero-order chi connectivity index (χ0) is 30.6. The lowest BCUT2D eigenvalue weighted by molar-refractivity contribution is -0.137. The summed E-state index contributed by atoms with van der Waals surface area (Å²) in [7, 11) is 0. The number of rotatable bonds is 31. The van der Waals surface area contributed by atoms with E-state index >= 15 is 0 Å². The van der Waals surface area contributed by atoms with Gasteiger partial charge in [-0.15, -0.1) is 0 Å². The molecule has 0 aromatic rings. The van der Waals surface area contributed by atoms with E-state index in [-0.39, 0.29) is 6.42 Å². The van der Waals surface area contributed by atoms with Gasteiger partial charge in [0.05, 0.1) is 0 Å². The molecule has 0 aromatic heterocycles. The van der Waals surface area contributed by atoms with Crippen LogP contribution in [0.25, 0.3) is 0 Å². The molecule has 0 fully saturated rings. The van der Waals surface area contributed by atoms with Gasteiger partial charge < -0.3 is 10.2 Å². The highest BCUT2D eigenvalue weighted by Gasteiger charge is 1.96. The molecule has 0 aromatic carbocycles. The number of carbonyl (C=O) groups is 2. The summed E-state index contributed by atoms with van der Waals surface area (Å²) in [5, 5.41) is 17.1. The average Bonchev–Trinajstić information content (AvgIpc) is 2.96. The molecule has 42 heavy (non-hydrogen) atoms. The molecule has 0 rings (SSSR count). The summed E-state index contributed by atoms with van der Waals surface area (Å²) in [6.45, 7) is 0. The fourth-order valence-electron chi connectivity index (χ4n) is 4.78. The van der Waals surface area contributed by atoms with Crippen LogP contribution < -0.4 is 0 Å². The number of hydrogen-bond donors (Lipinski definition) is 2. The smallest absolute Gasteiger partial charge is 0.328 e. The first-order chi connectivity index (χ1) is 20.6. The van der Waals surface area contributed by atoms with Gasteiger partial charge in [-0.25, -0.2) is 4.79 Å². The monoisotopic (exact) mass is 582 g/mol. The summed E-state index contributed by atoms with van der Waals surface area (Å²) in [5.41, 5.74) is 0. The lowest BCUT2D eigenvalue weighted by Gasteiger charge is -2.03. The van der Waals surface area contributed by atoms with Gasteiger partial charge in [0.2, 0.25) is 0 Å². The van der Waals surface area contributed by atoms with E-state index in [4.69, 9.17) is 10.2 Å². The molecule has 0 bridgehead atoms. The van der Waals surface area contributed by atoms with Crippen molar-refractivity contribution in [2.75, 3.05) is 0 Å². The van der Waals surface area contributed by atoms with Crippen LogP contribution in [0.3, 0.4) is 0 Å². The van der Waals surface area contributed by atoms with Crippen LogP contribution >= 0.6 is 0 Å². The Morgan fingerprint density at radius 1 is 0.381 bits per heavy atom. The van der Waals surface area contributed by atoms with E-state index in [0.29, 0.717) is 0 Å². The average molecular weight is 583 g/mol. The van der Waals surface area contributed by atoms with Crippen molar-refractivity contribution in [2.45, 2.75) is 154 Å². The van der Waals surface area contributed by atoms with Gasteiger partial charge >= 0.3 is 11.9 Å². The lowest BCUT2D eigenvalue weighted by Crippen LogP contribution is -1.92. The first kappa shape index (κ1) is 39.4. The minimum Gasteiger partial charge on any atom is -0.481 e. The Balaban J connectivity index is 3.25. The van der Waals surface area contributed by atoms with Crippen LogP contribution in [0.5, 0.6) is 0 Å². The Morgan fingerprint density at radius 3 is 1.24 bits per heavy atom. The third-order valence-corrected chi connectivity index (χ3v) is 7.28. The molecule has 0 unspecified atom stereocenters. The van der Waals surface area contributed by atoms with Crippen molar-refractivity contribution >= 4 is 11.9 Å². The number of carboxylic acids is 2. The van der Waals surface area contributed by atoms with Crippen LogP contribution in [-0.2, 0) is 9.59 Å². The van der Waals surface area contributed by atoms with Gasteiger partial charge in [-0.05, 0) is 51.4 Å². The molecule has 0 spiro atoms. The molecule has 238 valence electrons. The lowest BCUT2D eigenvalue weighted by atomic mass is 10.0. The summed E-state index contributed by atoms with van der Waals surface area (Å²) in [5.74, 6) is -1.61. The summed E-state index contributed by atoms with van der Waals surface area (Å²) in [6.07, 6.45) is 53.1. The number of allylic oxidation sites excluding steroid dienone is 11. The summed E-state index contributed by atoms with van der Waals surface area (Å²) < 4.78 is 0. The number of unbranched alkanes of at least 4 members (excludes halogenated alkanes) is 20. The molecule has 0 aliphatic carbocycles. The number of hydrogen-bond acceptors (Lipinski definition) is 2. The van der Waals surface area contributed by atoms with E-state index in [1.807, 2.05) is 12.2 Å². The van der Waals surface area contributed by atoms with Gasteiger partial charge in [0.1, 0.15) is 0 Å². The fraction of sp³-hybridized carbons (Fsp3) is 0.632. The molecule has 0 saturated heterocycles. The molecule has 4 nitrogen and oxygen atoms in total. The van der Waals surface area contributed by atoms with Gasteiger partial charge in [-0.3, -0.25) is 4.79 Å². The van der Waals surface area contributed by atoms with E-state index < -0.39 is 11.9 Å². The summed E-state index contributed by atoms with van der Waals surface area (Å²) in [4.78, 5) is 20.8. The Bertz CT molecular complexity index is 785. The molecule has 0 radical (unpaired) electrons. The SMILES string of the molecule is O=C(O)C=CC=CC=CCCCCCCCCCCCCCCCCCCCC=CC=CCC=CCCCCC(=O)O. The highest BCUT2D eigenvalue weighted by atomic mass is 16.4. The standard InChI is InChI=1S/C38H62O4/c39-37(40)35-33-31-29-27-25-23-21-19-17-15-13-11-9-7-5-3-1-2-4-6-8-10-12-14-16-18-20-22-24-26-28-30-32-34-36-38(41)42/h15,17,19,21,25-28,30,32,34,36H,1-14,16,18,20,22-24,29,31,33,35H2,(H,39,40)(H,41,42). The fourth-order valence-corrected chi connectivity index (χ4v) is 4.78. The molecule has 0 aliphatic rings. The zero-order valence-corrected chi connectivity index (χ0v) is 26.6. The molecule has 2 N–H and O–H groups in total. The third-order valence-electron chi connectivity index (χ3n) is 7.28. The van der Waals surface area contributed by atoms with Crippen LogP contribution in [0.15, 0.2) is 72.9 Å². The zero-order valence-electron chi connectivity index (χ0n) is 26.6. The number of carboxylic acid groups (broad SMARTS) is 2. The predicted molar refractivity (Wildman–Crippen MR) is 181 cm³/mol. The van der Waals surface area contributed by atoms with Crippen LogP contribution in [0.4, 0.5) is 0 Å². The second-order valence-electron chi connectivity index (χ2n) is 11.3. The van der Waals surface area contributed by atoms with Crippen LogP contribution in [0, 0.1) is 0 Å². The van der Waals surface area contributed by atoms with Crippen molar-refractivity contribution in [3.8, 4) is 0 Å². The maximum absolute atomic E-state index is 10.4. The van der Waals surface area contributed by atoms with E-state index in [0.717, 1.165) is 38.2 Å². The van der Waals surface area contributed by atoms with E-state index in [2.05, 4.69) is 42.5 Å². The first-order valence-electron chi connectivity index (χ1n) is 17.0. The van der Waals surface area contributed by atoms with Crippen LogP contribution in [0.1, 0.15) is 154 Å². The Labute approximate surface area is 258 Å². The largest absolute Gasteiger partial charge is 0.481 e. The normalized spacial score (nSPS) is 12.5. The van der Waals surface area contributed by atoms with Gasteiger partial charge in [0, 0.05) is 12.5 Å². The maximum Gasteiger partial charge on any atom is 0.328 e. The quantitative estimate of drug-likeness (QED) is 0.0369. The molecular weight excluding hydrogens is 520 g/mol. The second kappa shape index (κ2) is 34.6. The molecule has 4 heteroatoms. The first-order valence-corrected chi connectivity index (χ1v) is 17.0. The second-order valence-corrected chi connectivity index (χ2v) is 11.3. The summed E-state index contributed by atoms with van der Waals surface area (Å²) in [6, 6.07) is 0. The third kappa shape index (κ3) is 37.4. The van der Waals surface area contributed by atoms with Crippen molar-refractivity contribution < 1.29 is 19.8 Å². The number of aliphatic carboxylic acids is 2. The van der Waals surface area contributed by atoms with E-state index in [9.17, 15) is 9.59 Å². The maximum atomic E-state index is 10.4.